The van der Waals surface area contributed by atoms with Crippen LogP contribution in [0.3, 0.4) is 0 Å². The Morgan fingerprint density at radius 2 is 1.88 bits per heavy atom. The van der Waals surface area contributed by atoms with Crippen molar-refractivity contribution >= 4 is 11.8 Å². The third-order valence-corrected chi connectivity index (χ3v) is 4.87. The Hall–Kier alpha value is -2.58. The zero-order chi connectivity index (χ0) is 17.8. The van der Waals surface area contributed by atoms with E-state index in [0.717, 1.165) is 25.9 Å². The molecule has 2 aliphatic heterocycles. The molecule has 0 bridgehead atoms. The Kier molecular flexibility index (Phi) is 5.20. The van der Waals surface area contributed by atoms with Gasteiger partial charge in [-0.15, -0.1) is 0 Å². The lowest BCUT2D eigenvalue weighted by molar-refractivity contribution is -0.133. The molecule has 2 saturated heterocycles. The summed E-state index contributed by atoms with van der Waals surface area (Å²) >= 11 is 0. The van der Waals surface area contributed by atoms with Crippen molar-refractivity contribution in [2.75, 3.05) is 50.7 Å². The highest BCUT2D eigenvalue weighted by molar-refractivity contribution is 5.78. The predicted molar refractivity (Wildman–Crippen MR) is 89.5 cm³/mol. The molecule has 25 heavy (non-hydrogen) atoms. The minimum atomic E-state index is 0.129. The normalized spacial score (nSPS) is 19.5. The number of likely N-dealkylation sites (tertiary alicyclic amines) is 1. The van der Waals surface area contributed by atoms with Gasteiger partial charge in [-0.2, -0.15) is 10.5 Å². The van der Waals surface area contributed by atoms with Crippen molar-refractivity contribution in [3.63, 3.8) is 0 Å². The van der Waals surface area contributed by atoms with Crippen LogP contribution in [0.5, 0.6) is 0 Å². The SMILES string of the molecule is Cc1nc(C#N)c(N2CCN(C(=O)CN3CCC(C#N)CC3)CC2)o1. The standard InChI is InChI=1S/C17H22N6O2/c1-13-20-15(11-19)17(25-13)23-8-6-22(7-9-23)16(24)12-21-4-2-14(10-18)3-5-21/h14H,2-9,12H2,1H3. The average molecular weight is 342 g/mol. The van der Waals surface area contributed by atoms with E-state index >= 15 is 0 Å². The first-order valence-electron chi connectivity index (χ1n) is 8.63. The first kappa shape index (κ1) is 17.2. The van der Waals surface area contributed by atoms with Gasteiger partial charge in [0.1, 0.15) is 6.07 Å². The lowest BCUT2D eigenvalue weighted by atomic mass is 9.99. The van der Waals surface area contributed by atoms with Gasteiger partial charge in [-0.05, 0) is 25.9 Å². The molecule has 132 valence electrons. The fourth-order valence-corrected chi connectivity index (χ4v) is 3.37. The molecule has 1 amide bonds. The third-order valence-electron chi connectivity index (χ3n) is 4.87. The molecule has 3 rings (SSSR count). The van der Waals surface area contributed by atoms with Gasteiger partial charge in [0, 0.05) is 39.0 Å². The molecule has 1 aromatic heterocycles. The summed E-state index contributed by atoms with van der Waals surface area (Å²) in [6.45, 7) is 6.25. The van der Waals surface area contributed by atoms with Crippen LogP contribution < -0.4 is 4.90 Å². The van der Waals surface area contributed by atoms with Crippen molar-refractivity contribution < 1.29 is 9.21 Å². The third kappa shape index (κ3) is 3.92. The van der Waals surface area contributed by atoms with Crippen molar-refractivity contribution in [2.24, 2.45) is 5.92 Å². The molecule has 0 aliphatic carbocycles. The second-order valence-electron chi connectivity index (χ2n) is 6.55. The highest BCUT2D eigenvalue weighted by Gasteiger charge is 2.27. The van der Waals surface area contributed by atoms with E-state index in [2.05, 4.69) is 22.0 Å². The number of hydrogen-bond donors (Lipinski definition) is 0. The van der Waals surface area contributed by atoms with Gasteiger partial charge in [0.25, 0.3) is 0 Å². The summed E-state index contributed by atoms with van der Waals surface area (Å²) in [5.41, 5.74) is 0.303. The van der Waals surface area contributed by atoms with Crippen molar-refractivity contribution in [2.45, 2.75) is 19.8 Å². The van der Waals surface area contributed by atoms with Crippen molar-refractivity contribution in [1.82, 2.24) is 14.8 Å². The van der Waals surface area contributed by atoms with Crippen LogP contribution in [0.25, 0.3) is 0 Å². The number of anilines is 1. The van der Waals surface area contributed by atoms with Crippen LogP contribution in [0.1, 0.15) is 24.4 Å². The quantitative estimate of drug-likeness (QED) is 0.798. The lowest BCUT2D eigenvalue weighted by Gasteiger charge is -2.36. The summed E-state index contributed by atoms with van der Waals surface area (Å²) in [7, 11) is 0. The largest absolute Gasteiger partial charge is 0.424 e. The molecule has 0 spiro atoms. The number of aromatic nitrogens is 1. The summed E-state index contributed by atoms with van der Waals surface area (Å²) in [5, 5.41) is 18.1. The Morgan fingerprint density at radius 3 is 2.48 bits per heavy atom. The number of amides is 1. The zero-order valence-corrected chi connectivity index (χ0v) is 14.4. The first-order chi connectivity index (χ1) is 12.1. The molecule has 0 aromatic carbocycles. The molecular formula is C17H22N6O2. The minimum absolute atomic E-state index is 0.129. The minimum Gasteiger partial charge on any atom is -0.424 e. The summed E-state index contributed by atoms with van der Waals surface area (Å²) in [6, 6.07) is 4.36. The molecule has 0 saturated carbocycles. The van der Waals surface area contributed by atoms with Crippen LogP contribution in [0.4, 0.5) is 5.88 Å². The summed E-state index contributed by atoms with van der Waals surface area (Å²) < 4.78 is 5.54. The first-order valence-corrected chi connectivity index (χ1v) is 8.63. The maximum atomic E-state index is 12.5. The van der Waals surface area contributed by atoms with Gasteiger partial charge in [0.15, 0.2) is 5.89 Å². The van der Waals surface area contributed by atoms with Crippen LogP contribution in [0.15, 0.2) is 4.42 Å². The molecule has 1 aromatic rings. The molecule has 2 aliphatic rings. The van der Waals surface area contributed by atoms with Crippen LogP contribution in [0, 0.1) is 35.5 Å². The summed E-state index contributed by atoms with van der Waals surface area (Å²) in [4.78, 5) is 22.5. The topological polar surface area (TPSA) is 100 Å². The van der Waals surface area contributed by atoms with Gasteiger partial charge in [0.2, 0.25) is 17.5 Å². The number of nitrogens with zero attached hydrogens (tertiary/aromatic N) is 6. The van der Waals surface area contributed by atoms with E-state index in [9.17, 15) is 4.79 Å². The van der Waals surface area contributed by atoms with Crippen molar-refractivity contribution in [3.8, 4) is 12.1 Å². The zero-order valence-electron chi connectivity index (χ0n) is 14.4. The number of nitriles is 2. The van der Waals surface area contributed by atoms with Crippen LogP contribution in [0.2, 0.25) is 0 Å². The highest BCUT2D eigenvalue weighted by atomic mass is 16.4. The Bertz CT molecular complexity index is 700. The van der Waals surface area contributed by atoms with Gasteiger partial charge in [-0.1, -0.05) is 0 Å². The number of rotatable bonds is 3. The number of piperidine rings is 1. The molecular weight excluding hydrogens is 320 g/mol. The van der Waals surface area contributed by atoms with Gasteiger partial charge >= 0.3 is 0 Å². The number of hydrogen-bond acceptors (Lipinski definition) is 7. The number of piperazine rings is 1. The number of carbonyl (C=O) groups is 1. The van der Waals surface area contributed by atoms with E-state index in [1.165, 1.54) is 0 Å². The average Bonchev–Trinajstić information content (AvgIpc) is 3.03. The molecule has 8 nitrogen and oxygen atoms in total. The Labute approximate surface area is 147 Å². The van der Waals surface area contributed by atoms with E-state index in [-0.39, 0.29) is 11.8 Å². The van der Waals surface area contributed by atoms with Crippen LogP contribution in [-0.2, 0) is 4.79 Å². The fraction of sp³-hybridized carbons (Fsp3) is 0.647. The van der Waals surface area contributed by atoms with Gasteiger partial charge in [-0.25, -0.2) is 4.98 Å². The molecule has 0 N–H and O–H groups in total. The second-order valence-corrected chi connectivity index (χ2v) is 6.55. The number of aryl methyl sites for hydroxylation is 1. The van der Waals surface area contributed by atoms with E-state index in [1.54, 1.807) is 6.92 Å². The fourth-order valence-electron chi connectivity index (χ4n) is 3.37. The lowest BCUT2D eigenvalue weighted by Crippen LogP contribution is -2.52. The van der Waals surface area contributed by atoms with Crippen molar-refractivity contribution in [3.05, 3.63) is 11.6 Å². The van der Waals surface area contributed by atoms with E-state index in [1.807, 2.05) is 9.80 Å². The van der Waals surface area contributed by atoms with E-state index in [4.69, 9.17) is 14.9 Å². The molecule has 0 radical (unpaired) electrons. The maximum Gasteiger partial charge on any atom is 0.236 e. The molecule has 3 heterocycles. The molecule has 8 heteroatoms. The number of oxazole rings is 1. The smallest absolute Gasteiger partial charge is 0.236 e. The van der Waals surface area contributed by atoms with E-state index < -0.39 is 0 Å². The second kappa shape index (κ2) is 7.54. The van der Waals surface area contributed by atoms with Gasteiger partial charge < -0.3 is 14.2 Å². The van der Waals surface area contributed by atoms with E-state index in [0.29, 0.717) is 50.2 Å². The van der Waals surface area contributed by atoms with Gasteiger partial charge in [0.05, 0.1) is 12.6 Å². The summed E-state index contributed by atoms with van der Waals surface area (Å²) in [6.07, 6.45) is 1.69. The Balaban J connectivity index is 1.50. The summed E-state index contributed by atoms with van der Waals surface area (Å²) in [5.74, 6) is 1.25. The molecule has 0 unspecified atom stereocenters. The highest BCUT2D eigenvalue weighted by Crippen LogP contribution is 2.23. The van der Waals surface area contributed by atoms with Gasteiger partial charge in [-0.3, -0.25) is 9.69 Å². The van der Waals surface area contributed by atoms with Crippen LogP contribution >= 0.6 is 0 Å². The van der Waals surface area contributed by atoms with Crippen LogP contribution in [-0.4, -0.2) is 66.5 Å². The maximum absolute atomic E-state index is 12.5. The molecule has 2 fully saturated rings. The Morgan fingerprint density at radius 1 is 1.20 bits per heavy atom. The predicted octanol–water partition coefficient (Wildman–Crippen LogP) is 0.739. The van der Waals surface area contributed by atoms with Crippen molar-refractivity contribution in [1.29, 1.82) is 10.5 Å². The molecule has 0 atom stereocenters. The monoisotopic (exact) mass is 342 g/mol. The number of carbonyl (C=O) groups excluding carboxylic acids is 1.